The SMILES string of the molecule is CCNc1ccc(S(=O)(=O)N(C)C)cc1NS(=O)(=O)c1ccsc1C(=O)OC. The number of thiophene rings is 1. The van der Waals surface area contributed by atoms with E-state index in [1.54, 1.807) is 0 Å². The Balaban J connectivity index is 2.55. The van der Waals surface area contributed by atoms with Gasteiger partial charge in [-0.1, -0.05) is 0 Å². The van der Waals surface area contributed by atoms with E-state index in [1.807, 2.05) is 6.92 Å². The number of benzene rings is 1. The number of nitrogens with zero attached hydrogens (tertiary/aromatic N) is 1. The van der Waals surface area contributed by atoms with Crippen LogP contribution in [0.1, 0.15) is 16.6 Å². The fourth-order valence-electron chi connectivity index (χ4n) is 2.27. The second kappa shape index (κ2) is 8.47. The first kappa shape index (κ1) is 22.1. The molecule has 2 rings (SSSR count). The van der Waals surface area contributed by atoms with Crippen molar-refractivity contribution in [2.75, 3.05) is 37.8 Å². The quantitative estimate of drug-likeness (QED) is 0.594. The number of hydrogen-bond donors (Lipinski definition) is 2. The fourth-order valence-corrected chi connectivity index (χ4v) is 5.61. The van der Waals surface area contributed by atoms with Crippen molar-refractivity contribution in [3.05, 3.63) is 34.5 Å². The van der Waals surface area contributed by atoms with Crippen molar-refractivity contribution in [3.8, 4) is 0 Å². The summed E-state index contributed by atoms with van der Waals surface area (Å²) in [6.07, 6.45) is 0. The Morgan fingerprint density at radius 1 is 1.14 bits per heavy atom. The molecular formula is C16H21N3O6S3. The summed E-state index contributed by atoms with van der Waals surface area (Å²) in [5.41, 5.74) is 0.449. The molecule has 0 saturated heterocycles. The molecule has 0 aliphatic heterocycles. The maximum absolute atomic E-state index is 12.9. The molecule has 0 fully saturated rings. The summed E-state index contributed by atoms with van der Waals surface area (Å²) in [7, 11) is -4.02. The Morgan fingerprint density at radius 3 is 2.39 bits per heavy atom. The summed E-state index contributed by atoms with van der Waals surface area (Å²) in [6, 6.07) is 5.38. The van der Waals surface area contributed by atoms with Crippen LogP contribution in [0.5, 0.6) is 0 Å². The van der Waals surface area contributed by atoms with Gasteiger partial charge in [-0.25, -0.2) is 25.9 Å². The van der Waals surface area contributed by atoms with Crippen LogP contribution in [0.3, 0.4) is 0 Å². The molecule has 0 radical (unpaired) electrons. The second-order valence-electron chi connectivity index (χ2n) is 5.74. The van der Waals surface area contributed by atoms with Gasteiger partial charge >= 0.3 is 5.97 Å². The highest BCUT2D eigenvalue weighted by Gasteiger charge is 2.26. The number of carbonyl (C=O) groups is 1. The van der Waals surface area contributed by atoms with Crippen molar-refractivity contribution in [2.45, 2.75) is 16.7 Å². The lowest BCUT2D eigenvalue weighted by Crippen LogP contribution is -2.23. The van der Waals surface area contributed by atoms with Gasteiger partial charge in [-0.15, -0.1) is 11.3 Å². The van der Waals surface area contributed by atoms with Crippen LogP contribution in [0.15, 0.2) is 39.4 Å². The first-order chi connectivity index (χ1) is 13.0. The molecule has 2 N–H and O–H groups in total. The molecule has 1 aromatic heterocycles. The van der Waals surface area contributed by atoms with E-state index in [9.17, 15) is 21.6 Å². The fraction of sp³-hybridized carbons (Fsp3) is 0.312. The molecule has 28 heavy (non-hydrogen) atoms. The number of methoxy groups -OCH3 is 1. The molecule has 2 aromatic rings. The average Bonchev–Trinajstić information content (AvgIpc) is 3.13. The molecule has 0 unspecified atom stereocenters. The summed E-state index contributed by atoms with van der Waals surface area (Å²) in [4.78, 5) is 11.4. The number of nitrogens with one attached hydrogen (secondary N) is 2. The number of rotatable bonds is 8. The molecule has 0 aliphatic rings. The Kier molecular flexibility index (Phi) is 6.70. The van der Waals surface area contributed by atoms with Crippen molar-refractivity contribution in [2.24, 2.45) is 0 Å². The first-order valence-corrected chi connectivity index (χ1v) is 11.8. The number of sulfonamides is 2. The van der Waals surface area contributed by atoms with Gasteiger partial charge in [0.15, 0.2) is 0 Å². The van der Waals surface area contributed by atoms with Gasteiger partial charge in [-0.05, 0) is 36.6 Å². The largest absolute Gasteiger partial charge is 0.465 e. The topological polar surface area (TPSA) is 122 Å². The number of ether oxygens (including phenoxy) is 1. The van der Waals surface area contributed by atoms with Gasteiger partial charge in [0.2, 0.25) is 10.0 Å². The molecule has 12 heteroatoms. The summed E-state index contributed by atoms with van der Waals surface area (Å²) in [5.74, 6) is -0.772. The minimum Gasteiger partial charge on any atom is -0.465 e. The first-order valence-electron chi connectivity index (χ1n) is 8.03. The molecule has 0 atom stereocenters. The van der Waals surface area contributed by atoms with Crippen LogP contribution in [-0.4, -0.2) is 54.9 Å². The molecule has 0 amide bonds. The third-order valence-electron chi connectivity index (χ3n) is 3.67. The lowest BCUT2D eigenvalue weighted by atomic mass is 10.2. The van der Waals surface area contributed by atoms with Crippen LogP contribution in [0.2, 0.25) is 0 Å². The maximum atomic E-state index is 12.9. The predicted molar refractivity (Wildman–Crippen MR) is 108 cm³/mol. The number of carbonyl (C=O) groups excluding carboxylic acids is 1. The summed E-state index contributed by atoms with van der Waals surface area (Å²) >= 11 is 0.934. The lowest BCUT2D eigenvalue weighted by molar-refractivity contribution is 0.0602. The van der Waals surface area contributed by atoms with Crippen LogP contribution in [0.25, 0.3) is 0 Å². The van der Waals surface area contributed by atoms with Crippen LogP contribution in [0.4, 0.5) is 11.4 Å². The number of anilines is 2. The zero-order valence-electron chi connectivity index (χ0n) is 15.7. The normalized spacial score (nSPS) is 12.0. The van der Waals surface area contributed by atoms with E-state index in [2.05, 4.69) is 14.8 Å². The third kappa shape index (κ3) is 4.46. The summed E-state index contributed by atoms with van der Waals surface area (Å²) < 4.78 is 58.5. The molecular weight excluding hydrogens is 426 g/mol. The van der Waals surface area contributed by atoms with E-state index in [1.165, 1.54) is 43.7 Å². The molecule has 0 aliphatic carbocycles. The highest BCUT2D eigenvalue weighted by atomic mass is 32.2. The number of hydrogen-bond acceptors (Lipinski definition) is 8. The van der Waals surface area contributed by atoms with E-state index in [0.717, 1.165) is 22.8 Å². The van der Waals surface area contributed by atoms with Gasteiger partial charge in [0.25, 0.3) is 10.0 Å². The van der Waals surface area contributed by atoms with E-state index >= 15 is 0 Å². The van der Waals surface area contributed by atoms with E-state index in [0.29, 0.717) is 12.2 Å². The Hall–Kier alpha value is -2.15. The average molecular weight is 448 g/mol. The predicted octanol–water partition coefficient (Wildman–Crippen LogP) is 2.02. The van der Waals surface area contributed by atoms with Gasteiger partial charge in [0, 0.05) is 20.6 Å². The number of esters is 1. The molecule has 1 heterocycles. The van der Waals surface area contributed by atoms with Crippen LogP contribution in [-0.2, 0) is 24.8 Å². The molecule has 0 bridgehead atoms. The van der Waals surface area contributed by atoms with Gasteiger partial charge < -0.3 is 10.1 Å². The smallest absolute Gasteiger partial charge is 0.349 e. The highest BCUT2D eigenvalue weighted by molar-refractivity contribution is 7.93. The molecule has 1 aromatic carbocycles. The Labute approximate surface area is 168 Å². The molecule has 9 nitrogen and oxygen atoms in total. The molecule has 154 valence electrons. The van der Waals surface area contributed by atoms with Gasteiger partial charge in [-0.3, -0.25) is 4.72 Å². The van der Waals surface area contributed by atoms with E-state index in [4.69, 9.17) is 0 Å². The van der Waals surface area contributed by atoms with Crippen LogP contribution >= 0.6 is 11.3 Å². The standard InChI is InChI=1S/C16H21N3O6S3/c1-5-17-12-7-6-11(28(23,24)19(2)3)10-13(12)18-27(21,22)14-8-9-26-15(14)16(20)25-4/h6-10,17-18H,5H2,1-4H3. The van der Waals surface area contributed by atoms with Crippen LogP contribution in [0, 0.1) is 0 Å². The Bertz CT molecular complexity index is 1070. The van der Waals surface area contributed by atoms with Crippen molar-refractivity contribution in [3.63, 3.8) is 0 Å². The van der Waals surface area contributed by atoms with Gasteiger partial charge in [-0.2, -0.15) is 0 Å². The van der Waals surface area contributed by atoms with Crippen molar-refractivity contribution < 1.29 is 26.4 Å². The highest BCUT2D eigenvalue weighted by Crippen LogP contribution is 2.31. The minimum absolute atomic E-state index is 0.0480. The van der Waals surface area contributed by atoms with Crippen molar-refractivity contribution in [1.82, 2.24) is 4.31 Å². The zero-order valence-corrected chi connectivity index (χ0v) is 18.2. The summed E-state index contributed by atoms with van der Waals surface area (Å²) in [6.45, 7) is 2.30. The maximum Gasteiger partial charge on any atom is 0.349 e. The Morgan fingerprint density at radius 2 is 1.82 bits per heavy atom. The molecule has 0 saturated carbocycles. The summed E-state index contributed by atoms with van der Waals surface area (Å²) in [5, 5.41) is 4.43. The lowest BCUT2D eigenvalue weighted by Gasteiger charge is -2.17. The van der Waals surface area contributed by atoms with E-state index in [-0.39, 0.29) is 20.4 Å². The molecule has 0 spiro atoms. The van der Waals surface area contributed by atoms with Gasteiger partial charge in [0.1, 0.15) is 9.77 Å². The zero-order chi connectivity index (χ0) is 21.1. The monoisotopic (exact) mass is 447 g/mol. The van der Waals surface area contributed by atoms with Crippen LogP contribution < -0.4 is 10.0 Å². The minimum atomic E-state index is -4.17. The van der Waals surface area contributed by atoms with Crippen molar-refractivity contribution in [1.29, 1.82) is 0 Å². The third-order valence-corrected chi connectivity index (χ3v) is 7.91. The van der Waals surface area contributed by atoms with E-state index < -0.39 is 26.0 Å². The van der Waals surface area contributed by atoms with Gasteiger partial charge in [0.05, 0.1) is 23.4 Å². The van der Waals surface area contributed by atoms with Crippen molar-refractivity contribution >= 4 is 48.7 Å². The second-order valence-corrected chi connectivity index (χ2v) is 10.5.